The van der Waals surface area contributed by atoms with E-state index in [0.717, 1.165) is 10.1 Å². The number of aromatic nitrogens is 4. The lowest BCUT2D eigenvalue weighted by Gasteiger charge is -2.07. The maximum absolute atomic E-state index is 12.3. The van der Waals surface area contributed by atoms with Crippen molar-refractivity contribution in [3.05, 3.63) is 67.1 Å². The SMILES string of the molecule is Cn1c(=O)c2c(ncn2CCc2ccc([N+](=O)[O-])cc2)n(C)c1=O. The highest BCUT2D eigenvalue weighted by Crippen LogP contribution is 2.13. The molecule has 2 heterocycles. The van der Waals surface area contributed by atoms with Gasteiger partial charge in [0.25, 0.3) is 11.2 Å². The summed E-state index contributed by atoms with van der Waals surface area (Å²) in [5, 5.41) is 10.7. The molecule has 1 aromatic carbocycles. The van der Waals surface area contributed by atoms with E-state index in [2.05, 4.69) is 4.98 Å². The second kappa shape index (κ2) is 5.76. The predicted molar refractivity (Wildman–Crippen MR) is 87.0 cm³/mol. The van der Waals surface area contributed by atoms with Gasteiger partial charge >= 0.3 is 5.69 Å². The number of benzene rings is 1. The van der Waals surface area contributed by atoms with Gasteiger partial charge in [0, 0.05) is 32.8 Å². The molecule has 0 N–H and O–H groups in total. The van der Waals surface area contributed by atoms with Gasteiger partial charge < -0.3 is 4.57 Å². The molecule has 0 saturated carbocycles. The molecule has 24 heavy (non-hydrogen) atoms. The molecule has 3 rings (SSSR count). The number of rotatable bonds is 4. The van der Waals surface area contributed by atoms with Crippen LogP contribution in [0.2, 0.25) is 0 Å². The molecule has 124 valence electrons. The number of hydrogen-bond acceptors (Lipinski definition) is 5. The molecule has 0 atom stereocenters. The second-order valence-electron chi connectivity index (χ2n) is 5.49. The molecular weight excluding hydrogens is 314 g/mol. The summed E-state index contributed by atoms with van der Waals surface area (Å²) in [6.07, 6.45) is 2.10. The summed E-state index contributed by atoms with van der Waals surface area (Å²) in [5.41, 5.74) is 0.829. The van der Waals surface area contributed by atoms with Gasteiger partial charge in [-0.15, -0.1) is 0 Å². The largest absolute Gasteiger partial charge is 0.332 e. The van der Waals surface area contributed by atoms with Crippen LogP contribution in [0.5, 0.6) is 0 Å². The number of fused-ring (bicyclic) bond motifs is 1. The number of aryl methyl sites for hydroxylation is 3. The Hall–Kier alpha value is -3.23. The summed E-state index contributed by atoms with van der Waals surface area (Å²) in [5.74, 6) is 0. The van der Waals surface area contributed by atoms with E-state index in [1.165, 1.54) is 30.1 Å². The number of non-ortho nitro benzene ring substituents is 1. The molecular formula is C15H15N5O4. The van der Waals surface area contributed by atoms with Crippen molar-refractivity contribution in [1.29, 1.82) is 0 Å². The Bertz CT molecular complexity index is 1040. The first kappa shape index (κ1) is 15.7. The lowest BCUT2D eigenvalue weighted by Crippen LogP contribution is -2.37. The van der Waals surface area contributed by atoms with Crippen LogP contribution in [0, 0.1) is 10.1 Å². The van der Waals surface area contributed by atoms with Gasteiger partial charge in [0.05, 0.1) is 11.3 Å². The summed E-state index contributed by atoms with van der Waals surface area (Å²) in [7, 11) is 3.00. The normalized spacial score (nSPS) is 11.1. The summed E-state index contributed by atoms with van der Waals surface area (Å²) < 4.78 is 4.07. The summed E-state index contributed by atoms with van der Waals surface area (Å²) in [6.45, 7) is 0.474. The van der Waals surface area contributed by atoms with Gasteiger partial charge in [-0.25, -0.2) is 9.78 Å². The van der Waals surface area contributed by atoms with Crippen LogP contribution in [0.1, 0.15) is 5.56 Å². The van der Waals surface area contributed by atoms with Crippen molar-refractivity contribution < 1.29 is 4.92 Å². The van der Waals surface area contributed by atoms with Crippen LogP contribution in [0.25, 0.3) is 11.2 Å². The van der Waals surface area contributed by atoms with E-state index in [9.17, 15) is 19.7 Å². The van der Waals surface area contributed by atoms with Gasteiger partial charge in [-0.1, -0.05) is 12.1 Å². The van der Waals surface area contributed by atoms with E-state index in [-0.39, 0.29) is 5.69 Å². The lowest BCUT2D eigenvalue weighted by molar-refractivity contribution is -0.384. The fourth-order valence-electron chi connectivity index (χ4n) is 2.60. The van der Waals surface area contributed by atoms with Gasteiger partial charge in [-0.3, -0.25) is 24.0 Å². The van der Waals surface area contributed by atoms with Crippen LogP contribution in [0.15, 0.2) is 40.2 Å². The highest BCUT2D eigenvalue weighted by Gasteiger charge is 2.14. The predicted octanol–water partition coefficient (Wildman–Crippen LogP) is 0.585. The molecule has 0 spiro atoms. The molecule has 0 amide bonds. The number of hydrogen-bond donors (Lipinski definition) is 0. The van der Waals surface area contributed by atoms with E-state index in [4.69, 9.17) is 0 Å². The van der Waals surface area contributed by atoms with Crippen LogP contribution < -0.4 is 11.2 Å². The van der Waals surface area contributed by atoms with Crippen LogP contribution >= 0.6 is 0 Å². The third-order valence-electron chi connectivity index (χ3n) is 4.01. The zero-order chi connectivity index (χ0) is 17.4. The van der Waals surface area contributed by atoms with E-state index >= 15 is 0 Å². The van der Waals surface area contributed by atoms with Crippen molar-refractivity contribution in [3.8, 4) is 0 Å². The molecule has 0 radical (unpaired) electrons. The van der Waals surface area contributed by atoms with Crippen molar-refractivity contribution in [3.63, 3.8) is 0 Å². The Morgan fingerprint density at radius 2 is 1.79 bits per heavy atom. The molecule has 9 heteroatoms. The Morgan fingerprint density at radius 1 is 1.12 bits per heavy atom. The van der Waals surface area contributed by atoms with Crippen molar-refractivity contribution in [2.24, 2.45) is 14.1 Å². The van der Waals surface area contributed by atoms with E-state index in [0.29, 0.717) is 24.1 Å². The first-order chi connectivity index (χ1) is 11.4. The van der Waals surface area contributed by atoms with Gasteiger partial charge in [-0.05, 0) is 12.0 Å². The second-order valence-corrected chi connectivity index (χ2v) is 5.49. The average Bonchev–Trinajstić information content (AvgIpc) is 3.00. The maximum Gasteiger partial charge on any atom is 0.332 e. The average molecular weight is 329 g/mol. The standard InChI is InChI=1S/C15H15N5O4/c1-17-13-12(14(21)18(2)15(17)22)19(9-16-13)8-7-10-3-5-11(6-4-10)20(23)24/h3-6,9H,7-8H2,1-2H3. The van der Waals surface area contributed by atoms with Gasteiger partial charge in [0.15, 0.2) is 11.2 Å². The van der Waals surface area contributed by atoms with Crippen molar-refractivity contribution in [1.82, 2.24) is 18.7 Å². The van der Waals surface area contributed by atoms with E-state index < -0.39 is 16.2 Å². The zero-order valence-electron chi connectivity index (χ0n) is 13.2. The van der Waals surface area contributed by atoms with Crippen LogP contribution in [-0.4, -0.2) is 23.6 Å². The quantitative estimate of drug-likeness (QED) is 0.514. The van der Waals surface area contributed by atoms with Gasteiger partial charge in [0.1, 0.15) is 0 Å². The van der Waals surface area contributed by atoms with Crippen LogP contribution in [0.4, 0.5) is 5.69 Å². The molecule has 0 aliphatic rings. The topological polar surface area (TPSA) is 105 Å². The number of imidazole rings is 1. The molecule has 0 fully saturated rings. The van der Waals surface area contributed by atoms with Crippen molar-refractivity contribution >= 4 is 16.9 Å². The fourth-order valence-corrected chi connectivity index (χ4v) is 2.60. The number of nitrogens with zero attached hydrogens (tertiary/aromatic N) is 5. The molecule has 2 aromatic heterocycles. The minimum absolute atomic E-state index is 0.0377. The fraction of sp³-hybridized carbons (Fsp3) is 0.267. The molecule has 9 nitrogen and oxygen atoms in total. The minimum Gasteiger partial charge on any atom is -0.324 e. The van der Waals surface area contributed by atoms with Crippen LogP contribution in [-0.2, 0) is 27.1 Å². The van der Waals surface area contributed by atoms with Gasteiger partial charge in [0.2, 0.25) is 0 Å². The third-order valence-corrected chi connectivity index (χ3v) is 4.01. The Labute approximate surface area is 135 Å². The summed E-state index contributed by atoms with van der Waals surface area (Å²) in [6, 6.07) is 6.27. The molecule has 0 bridgehead atoms. The monoisotopic (exact) mass is 329 g/mol. The summed E-state index contributed by atoms with van der Waals surface area (Å²) >= 11 is 0. The molecule has 0 aliphatic carbocycles. The summed E-state index contributed by atoms with van der Waals surface area (Å²) in [4.78, 5) is 38.6. The van der Waals surface area contributed by atoms with Crippen molar-refractivity contribution in [2.75, 3.05) is 0 Å². The number of nitro groups is 1. The minimum atomic E-state index is -0.447. The molecule has 3 aromatic rings. The molecule has 0 aliphatic heterocycles. The van der Waals surface area contributed by atoms with Gasteiger partial charge in [-0.2, -0.15) is 0 Å². The first-order valence-corrected chi connectivity index (χ1v) is 7.24. The maximum atomic E-state index is 12.3. The van der Waals surface area contributed by atoms with E-state index in [1.54, 1.807) is 23.7 Å². The smallest absolute Gasteiger partial charge is 0.324 e. The molecule has 0 saturated heterocycles. The highest BCUT2D eigenvalue weighted by atomic mass is 16.6. The lowest BCUT2D eigenvalue weighted by atomic mass is 10.1. The van der Waals surface area contributed by atoms with E-state index in [1.807, 2.05) is 0 Å². The van der Waals surface area contributed by atoms with Crippen molar-refractivity contribution in [2.45, 2.75) is 13.0 Å². The third kappa shape index (κ3) is 2.49. The first-order valence-electron chi connectivity index (χ1n) is 7.24. The Morgan fingerprint density at radius 3 is 2.42 bits per heavy atom. The highest BCUT2D eigenvalue weighted by molar-refractivity contribution is 5.69. The zero-order valence-corrected chi connectivity index (χ0v) is 13.2. The number of nitro benzene ring substituents is 1. The Kier molecular flexibility index (Phi) is 3.76. The molecule has 0 unspecified atom stereocenters. The Balaban J connectivity index is 1.92. The van der Waals surface area contributed by atoms with Crippen LogP contribution in [0.3, 0.4) is 0 Å².